The number of nitrogens with zero attached hydrogens (tertiary/aromatic N) is 4. The standard InChI is InChI=1S/C17H18FN5O3/c1-25-16(24)13-4-2-12(3-5-13)10-20-22-17-19-11-14(18)15(21-17)23-6-8-26-9-7-23/h2-5,10-11H,6-9H2,1H3,(H,19,21,22). The third-order valence-corrected chi connectivity index (χ3v) is 3.75. The van der Waals surface area contributed by atoms with E-state index in [4.69, 9.17) is 4.74 Å². The number of anilines is 2. The van der Waals surface area contributed by atoms with Gasteiger partial charge in [0.25, 0.3) is 0 Å². The van der Waals surface area contributed by atoms with Crippen LogP contribution in [0.5, 0.6) is 0 Å². The van der Waals surface area contributed by atoms with Gasteiger partial charge in [0.2, 0.25) is 5.95 Å². The van der Waals surface area contributed by atoms with Crippen molar-refractivity contribution in [2.45, 2.75) is 0 Å². The van der Waals surface area contributed by atoms with Gasteiger partial charge < -0.3 is 14.4 Å². The maximum absolute atomic E-state index is 14.0. The number of esters is 1. The van der Waals surface area contributed by atoms with E-state index in [0.717, 1.165) is 11.8 Å². The molecule has 9 heteroatoms. The Kier molecular flexibility index (Phi) is 5.69. The third-order valence-electron chi connectivity index (χ3n) is 3.75. The van der Waals surface area contributed by atoms with Gasteiger partial charge in [0.15, 0.2) is 11.6 Å². The fourth-order valence-corrected chi connectivity index (χ4v) is 2.40. The Hall–Kier alpha value is -3.07. The van der Waals surface area contributed by atoms with E-state index < -0.39 is 11.8 Å². The number of hydrogen-bond donors (Lipinski definition) is 1. The summed E-state index contributed by atoms with van der Waals surface area (Å²) < 4.78 is 23.9. The summed E-state index contributed by atoms with van der Waals surface area (Å²) in [5, 5.41) is 4.04. The van der Waals surface area contributed by atoms with Crippen LogP contribution in [0.15, 0.2) is 35.6 Å². The number of morpholine rings is 1. The Morgan fingerprint density at radius 3 is 2.77 bits per heavy atom. The maximum atomic E-state index is 14.0. The fraction of sp³-hybridized carbons (Fsp3) is 0.294. The van der Waals surface area contributed by atoms with Gasteiger partial charge in [0.1, 0.15) is 0 Å². The highest BCUT2D eigenvalue weighted by molar-refractivity contribution is 5.90. The fourth-order valence-electron chi connectivity index (χ4n) is 2.40. The van der Waals surface area contributed by atoms with Crippen molar-refractivity contribution in [2.24, 2.45) is 5.10 Å². The highest BCUT2D eigenvalue weighted by atomic mass is 19.1. The van der Waals surface area contributed by atoms with E-state index in [1.165, 1.54) is 7.11 Å². The van der Waals surface area contributed by atoms with Crippen molar-refractivity contribution in [2.75, 3.05) is 43.7 Å². The molecule has 0 unspecified atom stereocenters. The van der Waals surface area contributed by atoms with Gasteiger partial charge in [-0.1, -0.05) is 12.1 Å². The first-order valence-corrected chi connectivity index (χ1v) is 8.00. The summed E-state index contributed by atoms with van der Waals surface area (Å²) in [6.07, 6.45) is 2.66. The molecule has 1 aliphatic rings. The first-order valence-electron chi connectivity index (χ1n) is 8.00. The van der Waals surface area contributed by atoms with E-state index in [-0.39, 0.29) is 11.8 Å². The molecular formula is C17H18FN5O3. The molecule has 2 aromatic rings. The normalized spacial score (nSPS) is 14.5. The van der Waals surface area contributed by atoms with Crippen LogP contribution in [0, 0.1) is 5.82 Å². The van der Waals surface area contributed by atoms with Crippen molar-refractivity contribution in [1.29, 1.82) is 0 Å². The van der Waals surface area contributed by atoms with Gasteiger partial charge in [-0.15, -0.1) is 0 Å². The summed E-state index contributed by atoms with van der Waals surface area (Å²) >= 11 is 0. The summed E-state index contributed by atoms with van der Waals surface area (Å²) in [5.41, 5.74) is 3.90. The van der Waals surface area contributed by atoms with Crippen molar-refractivity contribution < 1.29 is 18.7 Å². The summed E-state index contributed by atoms with van der Waals surface area (Å²) in [6.45, 7) is 2.21. The second-order valence-corrected chi connectivity index (χ2v) is 5.45. The highest BCUT2D eigenvalue weighted by Crippen LogP contribution is 2.18. The molecule has 0 saturated carbocycles. The molecule has 1 saturated heterocycles. The molecule has 1 fully saturated rings. The van der Waals surface area contributed by atoms with Gasteiger partial charge >= 0.3 is 5.97 Å². The van der Waals surface area contributed by atoms with Crippen LogP contribution in [0.1, 0.15) is 15.9 Å². The smallest absolute Gasteiger partial charge is 0.337 e. The molecule has 136 valence electrons. The molecule has 1 aliphatic heterocycles. The minimum atomic E-state index is -0.486. The second-order valence-electron chi connectivity index (χ2n) is 5.45. The number of rotatable bonds is 5. The van der Waals surface area contributed by atoms with Crippen LogP contribution in [0.25, 0.3) is 0 Å². The molecule has 1 aromatic heterocycles. The number of benzene rings is 1. The average molecular weight is 359 g/mol. The number of hydrogen-bond acceptors (Lipinski definition) is 8. The van der Waals surface area contributed by atoms with E-state index in [9.17, 15) is 9.18 Å². The Morgan fingerprint density at radius 2 is 2.08 bits per heavy atom. The maximum Gasteiger partial charge on any atom is 0.337 e. The Morgan fingerprint density at radius 1 is 1.35 bits per heavy atom. The molecule has 1 aromatic carbocycles. The van der Waals surface area contributed by atoms with Crippen LogP contribution < -0.4 is 10.3 Å². The molecule has 0 aliphatic carbocycles. The van der Waals surface area contributed by atoms with Gasteiger partial charge in [-0.3, -0.25) is 0 Å². The van der Waals surface area contributed by atoms with Gasteiger partial charge in [0, 0.05) is 13.1 Å². The quantitative estimate of drug-likeness (QED) is 0.494. The number of carbonyl (C=O) groups excluding carboxylic acids is 1. The van der Waals surface area contributed by atoms with Crippen LogP contribution >= 0.6 is 0 Å². The Bertz CT molecular complexity index is 791. The molecule has 0 spiro atoms. The van der Waals surface area contributed by atoms with Crippen molar-refractivity contribution in [3.63, 3.8) is 0 Å². The Balaban J connectivity index is 1.65. The van der Waals surface area contributed by atoms with E-state index in [0.29, 0.717) is 31.9 Å². The van der Waals surface area contributed by atoms with Crippen LogP contribution in [0.2, 0.25) is 0 Å². The lowest BCUT2D eigenvalue weighted by atomic mass is 10.1. The van der Waals surface area contributed by atoms with Crippen molar-refractivity contribution in [1.82, 2.24) is 9.97 Å². The number of ether oxygens (including phenoxy) is 2. The van der Waals surface area contributed by atoms with E-state index >= 15 is 0 Å². The SMILES string of the molecule is COC(=O)c1ccc(C=NNc2ncc(F)c(N3CCOCC3)n2)cc1. The zero-order chi connectivity index (χ0) is 18.4. The average Bonchev–Trinajstić information content (AvgIpc) is 2.70. The van der Waals surface area contributed by atoms with Crippen LogP contribution in [0.4, 0.5) is 16.2 Å². The molecule has 0 radical (unpaired) electrons. The monoisotopic (exact) mass is 359 g/mol. The predicted molar refractivity (Wildman–Crippen MR) is 94.0 cm³/mol. The molecule has 3 rings (SSSR count). The molecule has 0 atom stereocenters. The molecular weight excluding hydrogens is 341 g/mol. The van der Waals surface area contributed by atoms with Crippen LogP contribution in [0.3, 0.4) is 0 Å². The summed E-state index contributed by atoms with van der Waals surface area (Å²) in [5.74, 6) is -0.472. The summed E-state index contributed by atoms with van der Waals surface area (Å²) in [4.78, 5) is 21.2. The lowest BCUT2D eigenvalue weighted by Gasteiger charge is -2.27. The largest absolute Gasteiger partial charge is 0.465 e. The summed E-state index contributed by atoms with van der Waals surface area (Å²) in [6, 6.07) is 6.72. The highest BCUT2D eigenvalue weighted by Gasteiger charge is 2.17. The van der Waals surface area contributed by atoms with Gasteiger partial charge in [-0.2, -0.15) is 10.1 Å². The second kappa shape index (κ2) is 8.34. The van der Waals surface area contributed by atoms with Crippen LogP contribution in [-0.4, -0.2) is 55.6 Å². The van der Waals surface area contributed by atoms with Crippen molar-refractivity contribution in [3.8, 4) is 0 Å². The van der Waals surface area contributed by atoms with Crippen LogP contribution in [-0.2, 0) is 9.47 Å². The zero-order valence-corrected chi connectivity index (χ0v) is 14.2. The van der Waals surface area contributed by atoms with E-state index in [1.54, 1.807) is 35.4 Å². The van der Waals surface area contributed by atoms with Gasteiger partial charge in [-0.25, -0.2) is 19.6 Å². The number of methoxy groups -OCH3 is 1. The van der Waals surface area contributed by atoms with Crippen molar-refractivity contribution >= 4 is 24.0 Å². The lowest BCUT2D eigenvalue weighted by Crippen LogP contribution is -2.37. The number of aromatic nitrogens is 2. The Labute approximate surface area is 149 Å². The molecule has 0 amide bonds. The number of carbonyl (C=O) groups is 1. The van der Waals surface area contributed by atoms with E-state index in [1.807, 2.05) is 0 Å². The summed E-state index contributed by atoms with van der Waals surface area (Å²) in [7, 11) is 1.33. The number of halogens is 1. The number of hydrazone groups is 1. The molecule has 1 N–H and O–H groups in total. The van der Waals surface area contributed by atoms with Gasteiger partial charge in [-0.05, 0) is 17.7 Å². The molecule has 26 heavy (non-hydrogen) atoms. The first-order chi connectivity index (χ1) is 12.7. The topological polar surface area (TPSA) is 88.9 Å². The lowest BCUT2D eigenvalue weighted by molar-refractivity contribution is 0.0600. The van der Waals surface area contributed by atoms with Gasteiger partial charge in [0.05, 0.1) is 38.3 Å². The number of nitrogens with one attached hydrogen (secondary N) is 1. The predicted octanol–water partition coefficient (Wildman–Crippen LogP) is 1.68. The molecule has 0 bridgehead atoms. The minimum Gasteiger partial charge on any atom is -0.465 e. The van der Waals surface area contributed by atoms with E-state index in [2.05, 4.69) is 25.2 Å². The van der Waals surface area contributed by atoms with Crippen molar-refractivity contribution in [3.05, 3.63) is 47.4 Å². The zero-order valence-electron chi connectivity index (χ0n) is 14.2. The first kappa shape index (κ1) is 17.7. The molecule has 8 nitrogen and oxygen atoms in total. The minimum absolute atomic E-state index is 0.190. The third kappa shape index (κ3) is 4.31. The molecule has 2 heterocycles.